The molecule has 0 saturated carbocycles. The van der Waals surface area contributed by atoms with Crippen molar-refractivity contribution >= 4 is 32.3 Å². The molecule has 122 valence electrons. The average molecular weight is 340 g/mol. The molecular formula is C18H16N2O3S. The molecule has 0 saturated heterocycles. The Morgan fingerprint density at radius 3 is 2.42 bits per heavy atom. The van der Waals surface area contributed by atoms with E-state index in [1.807, 2.05) is 30.3 Å². The standard InChI is InChI=1S/C18H16N2O3S/c1-2-24(22,23)15-10-8-14(9-11-15)19-18(21)17-12-7-13-5-3-4-6-16(13)20-17/h3-12H,2H2,1H3,(H,19,21). The first-order valence-corrected chi connectivity index (χ1v) is 9.15. The summed E-state index contributed by atoms with van der Waals surface area (Å²) < 4.78 is 23.6. The summed E-state index contributed by atoms with van der Waals surface area (Å²) in [5.41, 5.74) is 1.57. The molecule has 1 amide bonds. The lowest BCUT2D eigenvalue weighted by Crippen LogP contribution is -2.13. The lowest BCUT2D eigenvalue weighted by Gasteiger charge is -2.07. The van der Waals surface area contributed by atoms with Crippen molar-refractivity contribution in [1.29, 1.82) is 0 Å². The van der Waals surface area contributed by atoms with Crippen molar-refractivity contribution in [2.45, 2.75) is 11.8 Å². The van der Waals surface area contributed by atoms with Crippen LogP contribution in [0.5, 0.6) is 0 Å². The van der Waals surface area contributed by atoms with Crippen LogP contribution in [0.4, 0.5) is 5.69 Å². The van der Waals surface area contributed by atoms with Gasteiger partial charge in [-0.2, -0.15) is 0 Å². The van der Waals surface area contributed by atoms with Crippen molar-refractivity contribution in [3.8, 4) is 0 Å². The van der Waals surface area contributed by atoms with Gasteiger partial charge in [0.15, 0.2) is 9.84 Å². The SMILES string of the molecule is CCS(=O)(=O)c1ccc(NC(=O)c2ccc3ccccc3n2)cc1. The van der Waals surface area contributed by atoms with E-state index < -0.39 is 9.84 Å². The number of sulfone groups is 1. The van der Waals surface area contributed by atoms with Gasteiger partial charge in [-0.05, 0) is 36.4 Å². The number of amides is 1. The van der Waals surface area contributed by atoms with Crippen LogP contribution in [0.25, 0.3) is 10.9 Å². The molecule has 0 bridgehead atoms. The molecule has 5 nitrogen and oxygen atoms in total. The molecule has 1 aromatic heterocycles. The Morgan fingerprint density at radius 1 is 1.00 bits per heavy atom. The maximum atomic E-state index is 12.3. The molecule has 0 aliphatic heterocycles. The summed E-state index contributed by atoms with van der Waals surface area (Å²) in [4.78, 5) is 16.9. The van der Waals surface area contributed by atoms with Gasteiger partial charge in [0.1, 0.15) is 5.69 Å². The van der Waals surface area contributed by atoms with Gasteiger partial charge in [0.05, 0.1) is 16.2 Å². The minimum Gasteiger partial charge on any atom is -0.321 e. The first-order valence-electron chi connectivity index (χ1n) is 7.49. The predicted octanol–water partition coefficient (Wildman–Crippen LogP) is 3.28. The van der Waals surface area contributed by atoms with Crippen LogP contribution in [-0.4, -0.2) is 25.1 Å². The molecule has 0 aliphatic rings. The van der Waals surface area contributed by atoms with Gasteiger partial charge in [-0.1, -0.05) is 31.2 Å². The third-order valence-corrected chi connectivity index (χ3v) is 5.43. The van der Waals surface area contributed by atoms with Crippen LogP contribution in [0.3, 0.4) is 0 Å². The molecule has 3 aromatic rings. The van der Waals surface area contributed by atoms with E-state index in [1.54, 1.807) is 25.1 Å². The van der Waals surface area contributed by atoms with Gasteiger partial charge >= 0.3 is 0 Å². The summed E-state index contributed by atoms with van der Waals surface area (Å²) in [5, 5.41) is 3.68. The van der Waals surface area contributed by atoms with Crippen LogP contribution in [0, 0.1) is 0 Å². The highest BCUT2D eigenvalue weighted by molar-refractivity contribution is 7.91. The van der Waals surface area contributed by atoms with Gasteiger partial charge in [-0.25, -0.2) is 13.4 Å². The summed E-state index contributed by atoms with van der Waals surface area (Å²) >= 11 is 0. The van der Waals surface area contributed by atoms with E-state index in [9.17, 15) is 13.2 Å². The summed E-state index contributed by atoms with van der Waals surface area (Å²) in [5.74, 6) is -0.299. The number of nitrogens with zero attached hydrogens (tertiary/aromatic N) is 1. The Balaban J connectivity index is 1.81. The van der Waals surface area contributed by atoms with Gasteiger partial charge in [0, 0.05) is 11.1 Å². The number of hydrogen-bond acceptors (Lipinski definition) is 4. The van der Waals surface area contributed by atoms with Crippen LogP contribution in [0.1, 0.15) is 17.4 Å². The Hall–Kier alpha value is -2.73. The fraction of sp³-hybridized carbons (Fsp3) is 0.111. The second-order valence-electron chi connectivity index (χ2n) is 5.27. The lowest BCUT2D eigenvalue weighted by molar-refractivity contribution is 0.102. The van der Waals surface area contributed by atoms with E-state index in [4.69, 9.17) is 0 Å². The average Bonchev–Trinajstić information content (AvgIpc) is 2.61. The number of aromatic nitrogens is 1. The molecule has 0 spiro atoms. The van der Waals surface area contributed by atoms with Crippen LogP contribution >= 0.6 is 0 Å². The number of para-hydroxylation sites is 1. The van der Waals surface area contributed by atoms with Gasteiger partial charge < -0.3 is 5.32 Å². The molecule has 0 fully saturated rings. The zero-order valence-corrected chi connectivity index (χ0v) is 13.9. The number of benzene rings is 2. The van der Waals surface area contributed by atoms with E-state index in [0.717, 1.165) is 10.9 Å². The number of carbonyl (C=O) groups excluding carboxylic acids is 1. The van der Waals surface area contributed by atoms with Crippen molar-refractivity contribution < 1.29 is 13.2 Å². The number of pyridine rings is 1. The van der Waals surface area contributed by atoms with E-state index >= 15 is 0 Å². The Morgan fingerprint density at radius 2 is 1.71 bits per heavy atom. The van der Waals surface area contributed by atoms with Gasteiger partial charge in [-0.15, -0.1) is 0 Å². The maximum absolute atomic E-state index is 12.3. The van der Waals surface area contributed by atoms with E-state index in [0.29, 0.717) is 11.4 Å². The topological polar surface area (TPSA) is 76.1 Å². The maximum Gasteiger partial charge on any atom is 0.274 e. The molecule has 0 atom stereocenters. The van der Waals surface area contributed by atoms with Crippen LogP contribution in [0.15, 0.2) is 65.6 Å². The predicted molar refractivity (Wildman–Crippen MR) is 93.9 cm³/mol. The number of rotatable bonds is 4. The van der Waals surface area contributed by atoms with Crippen molar-refractivity contribution in [2.75, 3.05) is 11.1 Å². The van der Waals surface area contributed by atoms with Gasteiger partial charge in [-0.3, -0.25) is 4.79 Å². The summed E-state index contributed by atoms with van der Waals surface area (Å²) in [6.07, 6.45) is 0. The molecule has 24 heavy (non-hydrogen) atoms. The normalized spacial score (nSPS) is 11.4. The second kappa shape index (κ2) is 6.41. The molecule has 6 heteroatoms. The van der Waals surface area contributed by atoms with Gasteiger partial charge in [0.2, 0.25) is 0 Å². The summed E-state index contributed by atoms with van der Waals surface area (Å²) in [7, 11) is -3.24. The zero-order valence-electron chi connectivity index (χ0n) is 13.1. The first kappa shape index (κ1) is 16.1. The smallest absolute Gasteiger partial charge is 0.274 e. The molecule has 3 rings (SSSR count). The Kier molecular flexibility index (Phi) is 4.31. The largest absolute Gasteiger partial charge is 0.321 e. The van der Waals surface area contributed by atoms with Crippen LogP contribution in [0.2, 0.25) is 0 Å². The van der Waals surface area contributed by atoms with Crippen LogP contribution < -0.4 is 5.32 Å². The fourth-order valence-corrected chi connectivity index (χ4v) is 3.18. The van der Waals surface area contributed by atoms with E-state index in [1.165, 1.54) is 12.1 Å². The van der Waals surface area contributed by atoms with E-state index in [2.05, 4.69) is 10.3 Å². The number of hydrogen-bond donors (Lipinski definition) is 1. The molecular weight excluding hydrogens is 324 g/mol. The summed E-state index contributed by atoms with van der Waals surface area (Å²) in [6.45, 7) is 1.59. The minimum absolute atomic E-state index is 0.0414. The van der Waals surface area contributed by atoms with Crippen LogP contribution in [-0.2, 0) is 9.84 Å². The highest BCUT2D eigenvalue weighted by atomic mass is 32.2. The highest BCUT2D eigenvalue weighted by Gasteiger charge is 2.12. The first-order chi connectivity index (χ1) is 11.5. The third-order valence-electron chi connectivity index (χ3n) is 3.68. The number of nitrogens with one attached hydrogen (secondary N) is 1. The number of anilines is 1. The highest BCUT2D eigenvalue weighted by Crippen LogP contribution is 2.17. The molecule has 1 heterocycles. The van der Waals surface area contributed by atoms with Crippen molar-refractivity contribution in [2.24, 2.45) is 0 Å². The Bertz CT molecular complexity index is 996. The van der Waals surface area contributed by atoms with E-state index in [-0.39, 0.29) is 16.6 Å². The molecule has 0 radical (unpaired) electrons. The molecule has 2 aromatic carbocycles. The van der Waals surface area contributed by atoms with Crippen molar-refractivity contribution in [3.63, 3.8) is 0 Å². The lowest BCUT2D eigenvalue weighted by atomic mass is 10.2. The zero-order chi connectivity index (χ0) is 17.2. The quantitative estimate of drug-likeness (QED) is 0.791. The molecule has 0 unspecified atom stereocenters. The fourth-order valence-electron chi connectivity index (χ4n) is 2.30. The number of carbonyl (C=O) groups is 1. The monoisotopic (exact) mass is 340 g/mol. The second-order valence-corrected chi connectivity index (χ2v) is 7.55. The molecule has 1 N–H and O–H groups in total. The Labute approximate surface area is 140 Å². The van der Waals surface area contributed by atoms with Crippen molar-refractivity contribution in [1.82, 2.24) is 4.98 Å². The van der Waals surface area contributed by atoms with Crippen molar-refractivity contribution in [3.05, 3.63) is 66.4 Å². The number of fused-ring (bicyclic) bond motifs is 1. The minimum atomic E-state index is -3.24. The molecule has 0 aliphatic carbocycles. The summed E-state index contributed by atoms with van der Waals surface area (Å²) in [6, 6.07) is 17.2. The third kappa shape index (κ3) is 3.28. The van der Waals surface area contributed by atoms with Gasteiger partial charge in [0.25, 0.3) is 5.91 Å².